The number of Topliss-reactive ketones (excluding diaryl/α,β-unsaturated/α-hetero) is 1. The molecule has 0 heterocycles. The van der Waals surface area contributed by atoms with Crippen molar-refractivity contribution in [2.75, 3.05) is 35.5 Å². The molecule has 206 valence electrons. The van der Waals surface area contributed by atoms with Crippen molar-refractivity contribution in [2.24, 2.45) is 0 Å². The predicted octanol–water partition coefficient (Wildman–Crippen LogP) is 7.01. The normalized spacial score (nSPS) is 11.5. The summed E-state index contributed by atoms with van der Waals surface area (Å²) in [5.41, 5.74) is 1.90. The summed E-state index contributed by atoms with van der Waals surface area (Å²) >= 11 is 8.99. The molecule has 0 spiro atoms. The number of hydrogen-bond acceptors (Lipinski definition) is 7. The Balaban J connectivity index is 0.000000371. The molecule has 2 rings (SSSR count). The van der Waals surface area contributed by atoms with Gasteiger partial charge >= 0.3 is 5.97 Å². The molecule has 7 nitrogen and oxygen atoms in total. The van der Waals surface area contributed by atoms with Crippen molar-refractivity contribution in [1.29, 1.82) is 0 Å². The molecule has 0 unspecified atom stereocenters. The summed E-state index contributed by atoms with van der Waals surface area (Å²) in [7, 11) is 7.76. The fourth-order valence-corrected chi connectivity index (χ4v) is 6.05. The molecule has 2 aromatic carbocycles. The molecule has 0 saturated heterocycles. The Morgan fingerprint density at radius 2 is 1.05 bits per heavy atom. The Kier molecular flexibility index (Phi) is 16.5. The second-order valence-corrected chi connectivity index (χ2v) is 12.7. The van der Waals surface area contributed by atoms with Crippen LogP contribution in [0.25, 0.3) is 0 Å². The quantitative estimate of drug-likeness (QED) is 0.129. The highest BCUT2D eigenvalue weighted by atomic mass is 127. The van der Waals surface area contributed by atoms with Gasteiger partial charge in [-0.15, -0.1) is 0 Å². The molecule has 0 aliphatic heterocycles. The fraction of sp³-hybridized carbons (Fsp3) is 0.462. The summed E-state index contributed by atoms with van der Waals surface area (Å²) in [6.07, 6.45) is 1.59. The molecule has 0 aliphatic carbocycles. The van der Waals surface area contributed by atoms with Gasteiger partial charge in [0.1, 0.15) is 5.78 Å². The second-order valence-electron chi connectivity index (χ2n) is 7.85. The summed E-state index contributed by atoms with van der Waals surface area (Å²) in [6, 6.07) is 12.1. The van der Waals surface area contributed by atoms with Crippen molar-refractivity contribution >= 4 is 102 Å². The number of esters is 1. The Labute approximate surface area is 274 Å². The van der Waals surface area contributed by atoms with Crippen LogP contribution in [0.2, 0.25) is 0 Å². The molecule has 0 aromatic heterocycles. The summed E-state index contributed by atoms with van der Waals surface area (Å²) < 4.78 is 31.3. The Morgan fingerprint density at radius 3 is 1.38 bits per heavy atom. The van der Waals surface area contributed by atoms with Crippen molar-refractivity contribution < 1.29 is 33.3 Å². The maximum absolute atomic E-state index is 11.3. The lowest BCUT2D eigenvalue weighted by atomic mass is 9.99. The lowest BCUT2D eigenvalue weighted by Gasteiger charge is -2.32. The molecule has 0 bridgehead atoms. The van der Waals surface area contributed by atoms with E-state index >= 15 is 0 Å². The van der Waals surface area contributed by atoms with E-state index in [1.54, 1.807) is 35.4 Å². The number of carbonyl (C=O) groups excluding carboxylic acids is 2. The zero-order valence-corrected chi connectivity index (χ0v) is 30.3. The average molecular weight is 964 g/mol. The smallest absolute Gasteiger partial charge is 0.305 e. The molecule has 0 radical (unpaired) electrons. The summed E-state index contributed by atoms with van der Waals surface area (Å²) in [5.74, 6) is -1.91. The molecule has 2 aromatic rings. The maximum Gasteiger partial charge on any atom is 0.305 e. The topological polar surface area (TPSA) is 80.3 Å². The zero-order valence-electron chi connectivity index (χ0n) is 21.7. The number of halogens is 4. The lowest BCUT2D eigenvalue weighted by Crippen LogP contribution is -2.32. The van der Waals surface area contributed by atoms with Gasteiger partial charge in [-0.05, 0) is 134 Å². The minimum atomic E-state index is -0.925. The van der Waals surface area contributed by atoms with Crippen LogP contribution in [-0.4, -0.2) is 47.3 Å². The molecule has 37 heavy (non-hydrogen) atoms. The van der Waals surface area contributed by atoms with Gasteiger partial charge in [0.05, 0.1) is 13.5 Å². The average Bonchev–Trinajstić information content (AvgIpc) is 2.89. The number of hydrogen-bond donors (Lipinski definition) is 0. The third-order valence-electron chi connectivity index (χ3n) is 5.69. The first-order chi connectivity index (χ1) is 17.4. The van der Waals surface area contributed by atoms with Gasteiger partial charge in [-0.3, -0.25) is 4.79 Å². The van der Waals surface area contributed by atoms with Crippen molar-refractivity contribution in [1.82, 2.24) is 0 Å². The molecule has 0 fully saturated rings. The van der Waals surface area contributed by atoms with E-state index in [0.29, 0.717) is 19.3 Å². The van der Waals surface area contributed by atoms with Gasteiger partial charge < -0.3 is 28.5 Å². The highest BCUT2D eigenvalue weighted by Gasteiger charge is 2.35. The van der Waals surface area contributed by atoms with Crippen molar-refractivity contribution in [3.63, 3.8) is 0 Å². The number of carbonyl (C=O) groups is 2. The zero-order chi connectivity index (χ0) is 28.2. The monoisotopic (exact) mass is 964 g/mol. The van der Waals surface area contributed by atoms with Gasteiger partial charge in [0.2, 0.25) is 0 Å². The molecular formula is C26H32I4O7. The number of ether oxygens (including phenoxy) is 5. The number of methoxy groups -OCH3 is 5. The van der Waals surface area contributed by atoms with E-state index < -0.39 is 11.6 Å². The van der Waals surface area contributed by atoms with E-state index in [9.17, 15) is 9.59 Å². The second kappa shape index (κ2) is 17.2. The van der Waals surface area contributed by atoms with Crippen LogP contribution >= 0.6 is 90.4 Å². The van der Waals surface area contributed by atoms with E-state index in [0.717, 1.165) is 25.4 Å². The minimum absolute atomic E-state index is 0.133. The third kappa shape index (κ3) is 10.4. The first-order valence-electron chi connectivity index (χ1n) is 11.1. The van der Waals surface area contributed by atoms with Crippen LogP contribution in [0.4, 0.5) is 0 Å². The van der Waals surface area contributed by atoms with Gasteiger partial charge in [-0.25, -0.2) is 0 Å². The molecule has 0 N–H and O–H groups in total. The van der Waals surface area contributed by atoms with Gasteiger partial charge in [0.25, 0.3) is 0 Å². The lowest BCUT2D eigenvalue weighted by molar-refractivity contribution is -0.222. The van der Waals surface area contributed by atoms with Crippen LogP contribution in [0.15, 0.2) is 36.4 Å². The van der Waals surface area contributed by atoms with E-state index in [1.165, 1.54) is 7.11 Å². The minimum Gasteiger partial charge on any atom is -0.469 e. The molecule has 0 aliphatic rings. The number of benzene rings is 2. The van der Waals surface area contributed by atoms with Gasteiger partial charge in [-0.1, -0.05) is 0 Å². The van der Waals surface area contributed by atoms with E-state index in [4.69, 9.17) is 18.9 Å². The number of rotatable bonds is 12. The first kappa shape index (κ1) is 35.4. The SMILES string of the molecule is COC(=O)CCC(OC)(OC)c1cc(I)ccc1I.COC(CCC(C)=O)(OC)c1cc(I)ccc1I. The third-order valence-corrected chi connectivity index (χ3v) is 8.91. The van der Waals surface area contributed by atoms with E-state index in [-0.39, 0.29) is 18.2 Å². The molecule has 0 saturated carbocycles. The summed E-state index contributed by atoms with van der Waals surface area (Å²) in [4.78, 5) is 22.5. The molecule has 0 atom stereocenters. The van der Waals surface area contributed by atoms with Crippen molar-refractivity contribution in [3.05, 3.63) is 61.8 Å². The van der Waals surface area contributed by atoms with Crippen LogP contribution < -0.4 is 0 Å². The van der Waals surface area contributed by atoms with E-state index in [1.807, 2.05) is 36.4 Å². The van der Waals surface area contributed by atoms with Crippen LogP contribution in [0.1, 0.15) is 43.7 Å². The Morgan fingerprint density at radius 1 is 0.676 bits per heavy atom. The molecule has 0 amide bonds. The van der Waals surface area contributed by atoms with Gasteiger partial charge in [0, 0.05) is 73.1 Å². The fourth-order valence-electron chi connectivity index (χ4n) is 3.57. The molecular weight excluding hydrogens is 932 g/mol. The van der Waals surface area contributed by atoms with Crippen LogP contribution in [0.5, 0.6) is 0 Å². The van der Waals surface area contributed by atoms with Crippen molar-refractivity contribution in [3.8, 4) is 0 Å². The predicted molar refractivity (Wildman–Crippen MR) is 176 cm³/mol. The standard InChI is InChI=1S/C13H16I2O4.C13H16I2O3/c1-17-12(16)6-7-13(18-2,19-3)10-8-9(14)4-5-11(10)15;1-9(16)6-7-13(17-2,18-3)11-8-10(14)4-5-12(11)15/h4-5,8H,6-7H2,1-3H3;4-5,8H,6-7H2,1-3H3. The largest absolute Gasteiger partial charge is 0.469 e. The van der Waals surface area contributed by atoms with Crippen LogP contribution in [0.3, 0.4) is 0 Å². The van der Waals surface area contributed by atoms with Gasteiger partial charge in [0.15, 0.2) is 11.6 Å². The van der Waals surface area contributed by atoms with Crippen LogP contribution in [0, 0.1) is 14.3 Å². The highest BCUT2D eigenvalue weighted by molar-refractivity contribution is 14.1. The Bertz CT molecular complexity index is 1040. The van der Waals surface area contributed by atoms with Crippen LogP contribution in [-0.2, 0) is 44.8 Å². The molecule has 11 heteroatoms. The van der Waals surface area contributed by atoms with Gasteiger partial charge in [-0.2, -0.15) is 0 Å². The maximum atomic E-state index is 11.3. The van der Waals surface area contributed by atoms with E-state index in [2.05, 4.69) is 95.1 Å². The highest BCUT2D eigenvalue weighted by Crippen LogP contribution is 2.36. The number of ketones is 1. The van der Waals surface area contributed by atoms with Crippen molar-refractivity contribution in [2.45, 2.75) is 44.2 Å². The Hall–Kier alpha value is 0.340. The first-order valence-corrected chi connectivity index (χ1v) is 15.4. The summed E-state index contributed by atoms with van der Waals surface area (Å²) in [6.45, 7) is 1.58. The summed E-state index contributed by atoms with van der Waals surface area (Å²) in [5, 5.41) is 0.